The van der Waals surface area contributed by atoms with Crippen LogP contribution in [-0.4, -0.2) is 15.9 Å². The number of rotatable bonds is 3. The molecule has 0 fully saturated rings. The third-order valence-corrected chi connectivity index (χ3v) is 3.30. The summed E-state index contributed by atoms with van der Waals surface area (Å²) < 4.78 is 0. The molecule has 1 N–H and O–H groups in total. The predicted molar refractivity (Wildman–Crippen MR) is 86.6 cm³/mol. The maximum Gasteiger partial charge on any atom is 0.256 e. The van der Waals surface area contributed by atoms with E-state index in [2.05, 4.69) is 15.3 Å². The van der Waals surface area contributed by atoms with E-state index in [0.29, 0.717) is 11.4 Å². The van der Waals surface area contributed by atoms with Crippen LogP contribution in [0, 0.1) is 6.92 Å². The number of carbonyl (C=O) groups is 1. The summed E-state index contributed by atoms with van der Waals surface area (Å²) in [7, 11) is 0. The van der Waals surface area contributed by atoms with Gasteiger partial charge in [-0.05, 0) is 53.9 Å². The van der Waals surface area contributed by atoms with E-state index in [1.807, 2.05) is 43.3 Å². The summed E-state index contributed by atoms with van der Waals surface area (Å²) >= 11 is 0. The second-order valence-corrected chi connectivity index (χ2v) is 4.99. The fourth-order valence-corrected chi connectivity index (χ4v) is 2.14. The van der Waals surface area contributed by atoms with Crippen molar-refractivity contribution in [3.05, 3.63) is 78.2 Å². The van der Waals surface area contributed by atoms with Gasteiger partial charge in [0, 0.05) is 24.2 Å². The molecular formula is C18H15N3O. The van der Waals surface area contributed by atoms with E-state index in [9.17, 15) is 4.79 Å². The number of nitrogens with one attached hydrogen (secondary N) is 1. The molecule has 0 saturated carbocycles. The fourth-order valence-electron chi connectivity index (χ4n) is 2.14. The second kappa shape index (κ2) is 6.18. The number of nitrogens with zero attached hydrogens (tertiary/aromatic N) is 2. The number of anilines is 1. The molecule has 0 radical (unpaired) electrons. The molecule has 0 unspecified atom stereocenters. The van der Waals surface area contributed by atoms with Crippen molar-refractivity contribution in [3.63, 3.8) is 0 Å². The molecule has 108 valence electrons. The molecule has 3 aromatic rings. The van der Waals surface area contributed by atoms with E-state index < -0.39 is 0 Å². The van der Waals surface area contributed by atoms with Crippen molar-refractivity contribution in [3.8, 4) is 11.1 Å². The average Bonchev–Trinajstić information content (AvgIpc) is 2.56. The lowest BCUT2D eigenvalue weighted by molar-refractivity contribution is 0.102. The summed E-state index contributed by atoms with van der Waals surface area (Å²) in [6.45, 7) is 1.96. The van der Waals surface area contributed by atoms with Gasteiger partial charge >= 0.3 is 0 Å². The molecule has 0 saturated heterocycles. The topological polar surface area (TPSA) is 54.9 Å². The Bertz CT molecular complexity index is 783. The molecule has 2 aromatic heterocycles. The maximum atomic E-state index is 12.2. The zero-order chi connectivity index (χ0) is 15.4. The highest BCUT2D eigenvalue weighted by Crippen LogP contribution is 2.18. The van der Waals surface area contributed by atoms with Gasteiger partial charge in [0.1, 0.15) is 5.82 Å². The van der Waals surface area contributed by atoms with Crippen molar-refractivity contribution < 1.29 is 4.79 Å². The molecule has 1 amide bonds. The van der Waals surface area contributed by atoms with Gasteiger partial charge in [-0.15, -0.1) is 0 Å². The van der Waals surface area contributed by atoms with Gasteiger partial charge < -0.3 is 5.32 Å². The molecule has 0 aliphatic carbocycles. The van der Waals surface area contributed by atoms with E-state index >= 15 is 0 Å². The largest absolute Gasteiger partial charge is 0.307 e. The van der Waals surface area contributed by atoms with Crippen LogP contribution < -0.4 is 5.32 Å². The summed E-state index contributed by atoms with van der Waals surface area (Å²) in [4.78, 5) is 20.4. The Labute approximate surface area is 128 Å². The third-order valence-electron chi connectivity index (χ3n) is 3.30. The summed E-state index contributed by atoms with van der Waals surface area (Å²) in [6, 6.07) is 15.0. The van der Waals surface area contributed by atoms with Gasteiger partial charge in [-0.1, -0.05) is 18.2 Å². The molecule has 0 aliphatic rings. The number of aryl methyl sites for hydroxylation is 1. The van der Waals surface area contributed by atoms with Crippen LogP contribution in [-0.2, 0) is 0 Å². The quantitative estimate of drug-likeness (QED) is 0.799. The highest BCUT2D eigenvalue weighted by atomic mass is 16.1. The lowest BCUT2D eigenvalue weighted by atomic mass is 10.1. The molecule has 22 heavy (non-hydrogen) atoms. The number of pyridine rings is 2. The van der Waals surface area contributed by atoms with Crippen LogP contribution in [0.3, 0.4) is 0 Å². The van der Waals surface area contributed by atoms with Crippen molar-refractivity contribution >= 4 is 11.7 Å². The van der Waals surface area contributed by atoms with Crippen molar-refractivity contribution in [1.29, 1.82) is 0 Å². The zero-order valence-electron chi connectivity index (χ0n) is 12.2. The monoisotopic (exact) mass is 289 g/mol. The molecule has 1 aromatic carbocycles. The van der Waals surface area contributed by atoms with Crippen LogP contribution in [0.15, 0.2) is 67.1 Å². The molecule has 4 nitrogen and oxygen atoms in total. The van der Waals surface area contributed by atoms with Crippen molar-refractivity contribution in [2.45, 2.75) is 6.92 Å². The Morgan fingerprint density at radius 2 is 1.82 bits per heavy atom. The second-order valence-electron chi connectivity index (χ2n) is 4.99. The lowest BCUT2D eigenvalue weighted by Crippen LogP contribution is -2.12. The summed E-state index contributed by atoms with van der Waals surface area (Å²) in [5.41, 5.74) is 3.70. The molecule has 3 rings (SSSR count). The number of amides is 1. The van der Waals surface area contributed by atoms with Crippen molar-refractivity contribution in [2.24, 2.45) is 0 Å². The number of aromatic nitrogens is 2. The van der Waals surface area contributed by atoms with Crippen molar-refractivity contribution in [1.82, 2.24) is 9.97 Å². The summed E-state index contributed by atoms with van der Waals surface area (Å²) in [5, 5.41) is 2.80. The van der Waals surface area contributed by atoms with E-state index in [-0.39, 0.29) is 5.91 Å². The number of carbonyl (C=O) groups excluding carboxylic acids is 1. The molecular weight excluding hydrogens is 274 g/mol. The minimum absolute atomic E-state index is 0.171. The van der Waals surface area contributed by atoms with Gasteiger partial charge in [-0.25, -0.2) is 4.98 Å². The van der Waals surface area contributed by atoms with Gasteiger partial charge in [-0.3, -0.25) is 9.78 Å². The SMILES string of the molecule is Cc1ccnc(NC(=O)c2ccc(-c3cccnc3)cc2)c1. The number of hydrogen-bond donors (Lipinski definition) is 1. The van der Waals surface area contributed by atoms with E-state index in [1.54, 1.807) is 30.7 Å². The Hall–Kier alpha value is -3.01. The highest BCUT2D eigenvalue weighted by Gasteiger charge is 2.07. The normalized spacial score (nSPS) is 10.2. The Morgan fingerprint density at radius 3 is 2.50 bits per heavy atom. The maximum absolute atomic E-state index is 12.2. The highest BCUT2D eigenvalue weighted by molar-refractivity contribution is 6.04. The average molecular weight is 289 g/mol. The van der Waals surface area contributed by atoms with Gasteiger partial charge in [0.15, 0.2) is 0 Å². The fraction of sp³-hybridized carbons (Fsp3) is 0.0556. The standard InChI is InChI=1S/C18H15N3O/c1-13-8-10-20-17(11-13)21-18(22)15-6-4-14(5-7-15)16-3-2-9-19-12-16/h2-12H,1H3,(H,20,21,22). The van der Waals surface area contributed by atoms with Crippen LogP contribution in [0.1, 0.15) is 15.9 Å². The van der Waals surface area contributed by atoms with Crippen LogP contribution in [0.2, 0.25) is 0 Å². The minimum atomic E-state index is -0.171. The van der Waals surface area contributed by atoms with Crippen LogP contribution in [0.25, 0.3) is 11.1 Å². The van der Waals surface area contributed by atoms with E-state index in [1.165, 1.54) is 0 Å². The van der Waals surface area contributed by atoms with Gasteiger partial charge in [0.25, 0.3) is 5.91 Å². The molecule has 2 heterocycles. The van der Waals surface area contributed by atoms with Gasteiger partial charge in [-0.2, -0.15) is 0 Å². The molecule has 4 heteroatoms. The van der Waals surface area contributed by atoms with Crippen LogP contribution >= 0.6 is 0 Å². The molecule has 0 aliphatic heterocycles. The first kappa shape index (κ1) is 13.9. The summed E-state index contributed by atoms with van der Waals surface area (Å²) in [5.74, 6) is 0.386. The zero-order valence-corrected chi connectivity index (χ0v) is 12.2. The smallest absolute Gasteiger partial charge is 0.256 e. The first-order valence-corrected chi connectivity index (χ1v) is 6.97. The Morgan fingerprint density at radius 1 is 1.00 bits per heavy atom. The van der Waals surface area contributed by atoms with Gasteiger partial charge in [0.05, 0.1) is 0 Å². The Kier molecular flexibility index (Phi) is 3.92. The molecule has 0 spiro atoms. The van der Waals surface area contributed by atoms with Crippen LogP contribution in [0.4, 0.5) is 5.82 Å². The number of benzene rings is 1. The Balaban J connectivity index is 1.76. The molecule has 0 atom stereocenters. The van der Waals surface area contributed by atoms with Crippen LogP contribution in [0.5, 0.6) is 0 Å². The van der Waals surface area contributed by atoms with Gasteiger partial charge in [0.2, 0.25) is 0 Å². The van der Waals surface area contributed by atoms with E-state index in [0.717, 1.165) is 16.7 Å². The molecule has 0 bridgehead atoms. The minimum Gasteiger partial charge on any atom is -0.307 e. The summed E-state index contributed by atoms with van der Waals surface area (Å²) in [6.07, 6.45) is 5.21. The third kappa shape index (κ3) is 3.17. The predicted octanol–water partition coefficient (Wildman–Crippen LogP) is 3.70. The lowest BCUT2D eigenvalue weighted by Gasteiger charge is -2.06. The first-order valence-electron chi connectivity index (χ1n) is 6.97. The first-order chi connectivity index (χ1) is 10.7. The van der Waals surface area contributed by atoms with E-state index in [4.69, 9.17) is 0 Å². The van der Waals surface area contributed by atoms with Crippen molar-refractivity contribution in [2.75, 3.05) is 5.32 Å². The number of hydrogen-bond acceptors (Lipinski definition) is 3.